The molecule has 0 aliphatic heterocycles. The van der Waals surface area contributed by atoms with Crippen molar-refractivity contribution in [3.8, 4) is 0 Å². The predicted molar refractivity (Wildman–Crippen MR) is 113 cm³/mol. The molecule has 124 valence electrons. The summed E-state index contributed by atoms with van der Waals surface area (Å²) in [5, 5.41) is 2.70. The molecule has 0 unspecified atom stereocenters. The highest BCUT2D eigenvalue weighted by molar-refractivity contribution is 6.67. The van der Waals surface area contributed by atoms with Crippen molar-refractivity contribution >= 4 is 37.0 Å². The van der Waals surface area contributed by atoms with E-state index in [1.807, 2.05) is 0 Å². The summed E-state index contributed by atoms with van der Waals surface area (Å²) in [5.74, 6) is 0. The van der Waals surface area contributed by atoms with Gasteiger partial charge in [-0.25, -0.2) is 0 Å². The van der Waals surface area contributed by atoms with E-state index in [2.05, 4.69) is 120 Å². The summed E-state index contributed by atoms with van der Waals surface area (Å²) in [6, 6.07) is 40.6. The second-order valence-electron chi connectivity index (χ2n) is 6.05. The van der Waals surface area contributed by atoms with Gasteiger partial charge >= 0.3 is 0 Å². The Kier molecular flexibility index (Phi) is 4.94. The Morgan fingerprint density at radius 1 is 0.423 bits per heavy atom. The minimum atomic E-state index is 0.655. The highest BCUT2D eigenvalue weighted by Gasteiger charge is 2.12. The average Bonchev–Trinajstić information content (AvgIpc) is 2.71. The van der Waals surface area contributed by atoms with Crippen molar-refractivity contribution in [2.75, 3.05) is 4.90 Å². The zero-order chi connectivity index (χ0) is 17.6. The van der Waals surface area contributed by atoms with Gasteiger partial charge in [-0.05, 0) is 36.4 Å². The summed E-state index contributed by atoms with van der Waals surface area (Å²) < 4.78 is 0. The van der Waals surface area contributed by atoms with Crippen molar-refractivity contribution in [3.63, 3.8) is 0 Å². The Morgan fingerprint density at radius 3 is 1.46 bits per heavy atom. The molecular formula is C24H19NSi. The molecule has 0 aromatic heterocycles. The molecule has 2 radical (unpaired) electrons. The molecule has 0 amide bonds. The van der Waals surface area contributed by atoms with Gasteiger partial charge in [0.25, 0.3) is 0 Å². The van der Waals surface area contributed by atoms with E-state index < -0.39 is 0 Å². The maximum Gasteiger partial charge on any atom is 0.121 e. The highest BCUT2D eigenvalue weighted by Crippen LogP contribution is 2.33. The molecule has 0 saturated heterocycles. The average molecular weight is 350 g/mol. The fourth-order valence-electron chi connectivity index (χ4n) is 3.01. The van der Waals surface area contributed by atoms with Gasteiger partial charge in [0.2, 0.25) is 0 Å². The molecule has 4 aromatic carbocycles. The standard InChI is InChI=1S/C24H19NSi/c1-4-11-20(12-5-1)25(21-13-6-2-7-14-21)22-15-10-18-24(19-22)26-23-16-8-3-9-17-23/h1-19H. The summed E-state index contributed by atoms with van der Waals surface area (Å²) in [6.07, 6.45) is 0. The zero-order valence-electron chi connectivity index (χ0n) is 14.4. The lowest BCUT2D eigenvalue weighted by Gasteiger charge is -2.25. The van der Waals surface area contributed by atoms with Gasteiger partial charge in [-0.1, -0.05) is 89.2 Å². The van der Waals surface area contributed by atoms with E-state index in [0.29, 0.717) is 9.52 Å². The largest absolute Gasteiger partial charge is 0.311 e. The van der Waals surface area contributed by atoms with Crippen molar-refractivity contribution in [2.24, 2.45) is 0 Å². The molecule has 0 heterocycles. The van der Waals surface area contributed by atoms with Crippen molar-refractivity contribution in [2.45, 2.75) is 0 Å². The van der Waals surface area contributed by atoms with Gasteiger partial charge in [0, 0.05) is 17.1 Å². The molecule has 0 spiro atoms. The van der Waals surface area contributed by atoms with Crippen LogP contribution in [0, 0.1) is 0 Å². The molecule has 0 aliphatic carbocycles. The third-order valence-electron chi connectivity index (χ3n) is 4.20. The summed E-state index contributed by atoms with van der Waals surface area (Å²) >= 11 is 0. The van der Waals surface area contributed by atoms with Crippen LogP contribution in [0.4, 0.5) is 17.1 Å². The van der Waals surface area contributed by atoms with Crippen LogP contribution in [0.3, 0.4) is 0 Å². The van der Waals surface area contributed by atoms with E-state index in [1.165, 1.54) is 27.4 Å². The van der Waals surface area contributed by atoms with Crippen molar-refractivity contribution in [3.05, 3.63) is 115 Å². The molecule has 0 atom stereocenters. The summed E-state index contributed by atoms with van der Waals surface area (Å²) in [5.41, 5.74) is 3.51. The number of hydrogen-bond acceptors (Lipinski definition) is 1. The van der Waals surface area contributed by atoms with Crippen LogP contribution in [-0.2, 0) is 0 Å². The molecule has 0 saturated carbocycles. The van der Waals surface area contributed by atoms with Gasteiger partial charge in [0.05, 0.1) is 0 Å². The molecule has 4 aromatic rings. The third-order valence-corrected chi connectivity index (χ3v) is 5.42. The van der Waals surface area contributed by atoms with Gasteiger partial charge in [0.1, 0.15) is 9.52 Å². The fourth-order valence-corrected chi connectivity index (χ4v) is 4.10. The minimum Gasteiger partial charge on any atom is -0.311 e. The molecule has 0 fully saturated rings. The number of benzene rings is 4. The van der Waals surface area contributed by atoms with E-state index in [0.717, 1.165) is 0 Å². The Labute approximate surface area is 157 Å². The SMILES string of the molecule is c1ccc([Si]c2cccc(N(c3ccccc3)c3ccccc3)c2)cc1. The van der Waals surface area contributed by atoms with E-state index in [4.69, 9.17) is 0 Å². The fraction of sp³-hybridized carbons (Fsp3) is 0. The molecule has 2 heteroatoms. The van der Waals surface area contributed by atoms with Crippen LogP contribution in [-0.4, -0.2) is 9.52 Å². The van der Waals surface area contributed by atoms with Crippen molar-refractivity contribution in [1.82, 2.24) is 0 Å². The summed E-state index contributed by atoms with van der Waals surface area (Å²) in [7, 11) is 0.655. The quantitative estimate of drug-likeness (QED) is 0.467. The summed E-state index contributed by atoms with van der Waals surface area (Å²) in [4.78, 5) is 2.30. The first-order valence-electron chi connectivity index (χ1n) is 8.72. The van der Waals surface area contributed by atoms with Crippen LogP contribution in [0.25, 0.3) is 0 Å². The van der Waals surface area contributed by atoms with Crippen molar-refractivity contribution in [1.29, 1.82) is 0 Å². The minimum absolute atomic E-state index is 0.655. The van der Waals surface area contributed by atoms with Crippen molar-refractivity contribution < 1.29 is 0 Å². The number of hydrogen-bond donors (Lipinski definition) is 0. The third kappa shape index (κ3) is 3.76. The maximum atomic E-state index is 2.30. The first-order chi connectivity index (χ1) is 12.9. The van der Waals surface area contributed by atoms with Crippen LogP contribution >= 0.6 is 0 Å². The van der Waals surface area contributed by atoms with Gasteiger partial charge < -0.3 is 4.90 Å². The Hall–Kier alpha value is -3.10. The second kappa shape index (κ2) is 7.85. The molecule has 0 bridgehead atoms. The number of rotatable bonds is 5. The number of nitrogens with zero attached hydrogens (tertiary/aromatic N) is 1. The second-order valence-corrected chi connectivity index (χ2v) is 7.45. The Bertz CT molecular complexity index is 913. The van der Waals surface area contributed by atoms with Crippen LogP contribution in [0.1, 0.15) is 0 Å². The molecular weight excluding hydrogens is 330 g/mol. The lowest BCUT2D eigenvalue weighted by Crippen LogP contribution is -2.27. The smallest absolute Gasteiger partial charge is 0.121 e. The van der Waals surface area contributed by atoms with Crippen LogP contribution in [0.5, 0.6) is 0 Å². The Balaban J connectivity index is 1.73. The van der Waals surface area contributed by atoms with Crippen LogP contribution in [0.2, 0.25) is 0 Å². The van der Waals surface area contributed by atoms with Crippen LogP contribution < -0.4 is 15.3 Å². The van der Waals surface area contributed by atoms with E-state index >= 15 is 0 Å². The molecule has 26 heavy (non-hydrogen) atoms. The first kappa shape index (κ1) is 16.4. The van der Waals surface area contributed by atoms with Gasteiger partial charge in [-0.15, -0.1) is 0 Å². The van der Waals surface area contributed by atoms with E-state index in [1.54, 1.807) is 0 Å². The maximum absolute atomic E-state index is 2.30. The monoisotopic (exact) mass is 349 g/mol. The number of anilines is 3. The molecule has 1 nitrogen and oxygen atoms in total. The van der Waals surface area contributed by atoms with Gasteiger partial charge in [0.15, 0.2) is 0 Å². The lowest BCUT2D eigenvalue weighted by molar-refractivity contribution is 1.29. The van der Waals surface area contributed by atoms with Crippen LogP contribution in [0.15, 0.2) is 115 Å². The predicted octanol–water partition coefficient (Wildman–Crippen LogP) is 4.81. The normalized spacial score (nSPS) is 10.5. The lowest BCUT2D eigenvalue weighted by atomic mass is 10.2. The molecule has 0 aliphatic rings. The van der Waals surface area contributed by atoms with E-state index in [-0.39, 0.29) is 0 Å². The molecule has 0 N–H and O–H groups in total. The Morgan fingerprint density at radius 2 is 0.885 bits per heavy atom. The number of para-hydroxylation sites is 2. The van der Waals surface area contributed by atoms with Gasteiger partial charge in [-0.2, -0.15) is 0 Å². The zero-order valence-corrected chi connectivity index (χ0v) is 15.4. The highest BCUT2D eigenvalue weighted by atomic mass is 28.2. The topological polar surface area (TPSA) is 3.24 Å². The molecule has 4 rings (SSSR count). The first-order valence-corrected chi connectivity index (χ1v) is 9.72. The van der Waals surface area contributed by atoms with E-state index in [9.17, 15) is 0 Å². The van der Waals surface area contributed by atoms with Gasteiger partial charge in [-0.3, -0.25) is 0 Å². The summed E-state index contributed by atoms with van der Waals surface area (Å²) in [6.45, 7) is 0.